The Morgan fingerprint density at radius 1 is 1.41 bits per heavy atom. The number of anilines is 3. The van der Waals surface area contributed by atoms with E-state index in [1.165, 1.54) is 19.5 Å². The van der Waals surface area contributed by atoms with Crippen molar-refractivity contribution in [1.29, 1.82) is 0 Å². The van der Waals surface area contributed by atoms with E-state index >= 15 is 0 Å². The number of nitrogens with one attached hydrogen (secondary N) is 2. The molecule has 2 heterocycles. The summed E-state index contributed by atoms with van der Waals surface area (Å²) in [4.78, 5) is 21.2. The predicted molar refractivity (Wildman–Crippen MR) is 100 cm³/mol. The second-order valence-corrected chi connectivity index (χ2v) is 6.14. The molecule has 0 aliphatic carbocycles. The summed E-state index contributed by atoms with van der Waals surface area (Å²) in [5.74, 6) is 0.709. The Labute approximate surface area is 155 Å². The van der Waals surface area contributed by atoms with Gasteiger partial charge in [0, 0.05) is 38.3 Å². The van der Waals surface area contributed by atoms with E-state index in [2.05, 4.69) is 25.5 Å². The van der Waals surface area contributed by atoms with Crippen molar-refractivity contribution in [2.45, 2.75) is 18.9 Å². The van der Waals surface area contributed by atoms with Gasteiger partial charge in [-0.05, 0) is 12.8 Å². The number of nitro groups is 1. The van der Waals surface area contributed by atoms with Crippen molar-refractivity contribution in [3.8, 4) is 5.75 Å². The van der Waals surface area contributed by atoms with Crippen LogP contribution in [0.2, 0.25) is 0 Å². The Balaban J connectivity index is 1.78. The summed E-state index contributed by atoms with van der Waals surface area (Å²) in [6.07, 6.45) is 3.40. The number of ether oxygens (including phenoxy) is 1. The van der Waals surface area contributed by atoms with Gasteiger partial charge in [-0.15, -0.1) is 0 Å². The lowest BCUT2D eigenvalue weighted by Gasteiger charge is -2.26. The molecule has 2 N–H and O–H groups in total. The molecule has 1 fully saturated rings. The van der Waals surface area contributed by atoms with Crippen LogP contribution < -0.4 is 20.3 Å². The molecule has 3 rings (SSSR count). The molecule has 27 heavy (non-hydrogen) atoms. The Bertz CT molecular complexity index is 834. The van der Waals surface area contributed by atoms with Gasteiger partial charge in [0.15, 0.2) is 11.6 Å². The zero-order valence-corrected chi connectivity index (χ0v) is 15.1. The lowest BCUT2D eigenvalue weighted by molar-refractivity contribution is -0.384. The minimum Gasteiger partial charge on any atom is -0.494 e. The van der Waals surface area contributed by atoms with Crippen LogP contribution in [0.25, 0.3) is 0 Å². The number of hydrogen-bond donors (Lipinski definition) is 2. The molecule has 1 saturated heterocycles. The lowest BCUT2D eigenvalue weighted by Crippen LogP contribution is -2.35. The summed E-state index contributed by atoms with van der Waals surface area (Å²) in [6.45, 7) is 1.29. The Morgan fingerprint density at radius 2 is 2.22 bits per heavy atom. The van der Waals surface area contributed by atoms with Crippen molar-refractivity contribution in [1.82, 2.24) is 9.97 Å². The van der Waals surface area contributed by atoms with Crippen molar-refractivity contribution in [2.24, 2.45) is 0 Å². The first kappa shape index (κ1) is 18.6. The number of nitrogens with zero attached hydrogens (tertiary/aromatic N) is 4. The smallest absolute Gasteiger partial charge is 0.295 e. The number of rotatable bonds is 7. The van der Waals surface area contributed by atoms with Gasteiger partial charge in [-0.25, -0.2) is 14.4 Å². The number of methoxy groups -OCH3 is 1. The highest BCUT2D eigenvalue weighted by atomic mass is 19.1. The van der Waals surface area contributed by atoms with Crippen molar-refractivity contribution in [2.75, 3.05) is 42.8 Å². The first-order valence-electron chi connectivity index (χ1n) is 8.55. The number of nitro benzene ring substituents is 1. The molecule has 2 aromatic rings. The van der Waals surface area contributed by atoms with Gasteiger partial charge in [0.25, 0.3) is 5.69 Å². The molecule has 0 saturated carbocycles. The van der Waals surface area contributed by atoms with E-state index < -0.39 is 10.7 Å². The maximum absolute atomic E-state index is 13.8. The predicted octanol–water partition coefficient (Wildman–Crippen LogP) is 2.66. The monoisotopic (exact) mass is 376 g/mol. The molecule has 1 aliphatic heterocycles. The molecule has 0 spiro atoms. The van der Waals surface area contributed by atoms with Gasteiger partial charge in [0.2, 0.25) is 0 Å². The second-order valence-electron chi connectivity index (χ2n) is 6.14. The summed E-state index contributed by atoms with van der Waals surface area (Å²) >= 11 is 0. The normalized spacial score (nSPS) is 16.3. The molecule has 0 amide bonds. The molecule has 144 valence electrons. The third-order valence-corrected chi connectivity index (χ3v) is 4.58. The molecule has 1 atom stereocenters. The van der Waals surface area contributed by atoms with E-state index in [4.69, 9.17) is 4.74 Å². The van der Waals surface area contributed by atoms with Crippen LogP contribution in [0.15, 0.2) is 24.5 Å². The Kier molecular flexibility index (Phi) is 5.53. The molecule has 9 nitrogen and oxygen atoms in total. The summed E-state index contributed by atoms with van der Waals surface area (Å²) in [5.41, 5.74) is -0.0962. The van der Waals surface area contributed by atoms with Crippen LogP contribution >= 0.6 is 0 Å². The third kappa shape index (κ3) is 3.99. The number of hydrogen-bond acceptors (Lipinski definition) is 8. The van der Waals surface area contributed by atoms with Crippen LogP contribution in [0.1, 0.15) is 12.8 Å². The van der Waals surface area contributed by atoms with E-state index in [0.29, 0.717) is 6.54 Å². The molecule has 1 aromatic heterocycles. The quantitative estimate of drug-likeness (QED) is 0.561. The van der Waals surface area contributed by atoms with Crippen LogP contribution in [0, 0.1) is 15.9 Å². The van der Waals surface area contributed by atoms with Crippen LogP contribution in [0.3, 0.4) is 0 Å². The van der Waals surface area contributed by atoms with Crippen LogP contribution in [-0.2, 0) is 0 Å². The van der Waals surface area contributed by atoms with Crippen molar-refractivity contribution < 1.29 is 14.1 Å². The fourth-order valence-electron chi connectivity index (χ4n) is 3.21. The zero-order chi connectivity index (χ0) is 19.4. The summed E-state index contributed by atoms with van der Waals surface area (Å²) in [5, 5.41) is 17.3. The van der Waals surface area contributed by atoms with Gasteiger partial charge in [-0.1, -0.05) is 0 Å². The lowest BCUT2D eigenvalue weighted by atomic mass is 10.2. The average Bonchev–Trinajstić information content (AvgIpc) is 3.15. The van der Waals surface area contributed by atoms with Gasteiger partial charge >= 0.3 is 0 Å². The highest BCUT2D eigenvalue weighted by Crippen LogP contribution is 2.32. The minimum absolute atomic E-state index is 0.0409. The van der Waals surface area contributed by atoms with Gasteiger partial charge < -0.3 is 20.3 Å². The van der Waals surface area contributed by atoms with E-state index in [1.807, 2.05) is 6.07 Å². The maximum atomic E-state index is 13.8. The molecule has 1 aromatic carbocycles. The van der Waals surface area contributed by atoms with Gasteiger partial charge in [-0.2, -0.15) is 0 Å². The molecular formula is C17H21FN6O3. The molecule has 0 radical (unpaired) electrons. The molecule has 1 aliphatic rings. The largest absolute Gasteiger partial charge is 0.494 e. The third-order valence-electron chi connectivity index (χ3n) is 4.58. The van der Waals surface area contributed by atoms with Gasteiger partial charge in [0.1, 0.15) is 23.7 Å². The van der Waals surface area contributed by atoms with E-state index in [-0.39, 0.29) is 23.2 Å². The fraction of sp³-hybridized carbons (Fsp3) is 0.412. The van der Waals surface area contributed by atoms with E-state index in [9.17, 15) is 14.5 Å². The van der Waals surface area contributed by atoms with Crippen LogP contribution in [-0.4, -0.2) is 48.2 Å². The highest BCUT2D eigenvalue weighted by molar-refractivity contribution is 5.65. The van der Waals surface area contributed by atoms with E-state index in [0.717, 1.165) is 37.1 Å². The summed E-state index contributed by atoms with van der Waals surface area (Å²) in [6, 6.07) is 4.15. The molecule has 1 unspecified atom stereocenters. The highest BCUT2D eigenvalue weighted by Gasteiger charge is 2.27. The molecular weight excluding hydrogens is 355 g/mol. The van der Waals surface area contributed by atoms with Crippen molar-refractivity contribution >= 4 is 23.0 Å². The molecule has 10 heteroatoms. The number of benzene rings is 1. The van der Waals surface area contributed by atoms with Crippen LogP contribution in [0.4, 0.5) is 27.4 Å². The standard InChI is InChI=1S/C17H21FN6O3/c1-19-16-8-17(22-10-21-16)23-5-3-4-11(23)9-20-13-7-15(27-2)12(18)6-14(13)24(25)26/h6-8,10-11,20H,3-5,9H2,1-2H3,(H,19,21,22). The van der Waals surface area contributed by atoms with E-state index in [1.54, 1.807) is 7.05 Å². The van der Waals surface area contributed by atoms with Crippen molar-refractivity contribution in [3.63, 3.8) is 0 Å². The van der Waals surface area contributed by atoms with Gasteiger partial charge in [-0.3, -0.25) is 10.1 Å². The first-order valence-corrected chi connectivity index (χ1v) is 8.55. The molecule has 0 bridgehead atoms. The maximum Gasteiger partial charge on any atom is 0.295 e. The summed E-state index contributed by atoms with van der Waals surface area (Å²) in [7, 11) is 3.11. The summed E-state index contributed by atoms with van der Waals surface area (Å²) < 4.78 is 18.7. The second kappa shape index (κ2) is 8.02. The SMILES string of the molecule is CNc1cc(N2CCCC2CNc2cc(OC)c(F)cc2[N+](=O)[O-])ncn1. The Morgan fingerprint density at radius 3 is 2.93 bits per heavy atom. The van der Waals surface area contributed by atoms with Gasteiger partial charge in [0.05, 0.1) is 18.1 Å². The zero-order valence-electron chi connectivity index (χ0n) is 15.1. The van der Waals surface area contributed by atoms with Crippen LogP contribution in [0.5, 0.6) is 5.75 Å². The number of halogens is 1. The fourth-order valence-corrected chi connectivity index (χ4v) is 3.21. The first-order chi connectivity index (χ1) is 13.0. The topological polar surface area (TPSA) is 105 Å². The van der Waals surface area contributed by atoms with Crippen molar-refractivity contribution in [3.05, 3.63) is 40.5 Å². The Hall–Kier alpha value is -3.17. The number of aromatic nitrogens is 2. The average molecular weight is 376 g/mol. The minimum atomic E-state index is -0.766.